The number of nitrogens with zero attached hydrogens (tertiary/aromatic N) is 2. The number of pyridine rings is 1. The number of nitrogens with one attached hydrogen (secondary N) is 1. The molecule has 0 saturated heterocycles. The Balaban J connectivity index is 2.36. The molecule has 0 radical (unpaired) electrons. The second-order valence-electron chi connectivity index (χ2n) is 4.18. The molecule has 2 aromatic heterocycles. The van der Waals surface area contributed by atoms with E-state index >= 15 is 0 Å². The SMILES string of the molecule is CCCc1cc(=O)[nH]c(Sc2nccc(C(=O)O)c2F)n1. The fourth-order valence-corrected chi connectivity index (χ4v) is 2.48. The molecule has 2 rings (SSSR count). The van der Waals surface area contributed by atoms with Crippen LogP contribution >= 0.6 is 11.8 Å². The molecule has 6 nitrogen and oxygen atoms in total. The van der Waals surface area contributed by atoms with Gasteiger partial charge in [-0.25, -0.2) is 19.2 Å². The highest BCUT2D eigenvalue weighted by Gasteiger charge is 2.17. The molecular formula is C13H12FN3O3S. The van der Waals surface area contributed by atoms with E-state index in [1.807, 2.05) is 6.92 Å². The summed E-state index contributed by atoms with van der Waals surface area (Å²) in [5.74, 6) is -2.32. The second kappa shape index (κ2) is 6.49. The van der Waals surface area contributed by atoms with E-state index in [2.05, 4.69) is 15.0 Å². The van der Waals surface area contributed by atoms with E-state index in [9.17, 15) is 14.0 Å². The maximum absolute atomic E-state index is 14.0. The fraction of sp³-hybridized carbons (Fsp3) is 0.231. The van der Waals surface area contributed by atoms with Crippen LogP contribution in [0, 0.1) is 5.82 Å². The Morgan fingerprint density at radius 1 is 1.52 bits per heavy atom. The molecule has 0 aliphatic heterocycles. The lowest BCUT2D eigenvalue weighted by molar-refractivity contribution is 0.0691. The summed E-state index contributed by atoms with van der Waals surface area (Å²) in [6, 6.07) is 2.45. The number of carbonyl (C=O) groups is 1. The molecule has 0 atom stereocenters. The Morgan fingerprint density at radius 2 is 2.29 bits per heavy atom. The number of hydrogen-bond acceptors (Lipinski definition) is 5. The third-order valence-electron chi connectivity index (χ3n) is 2.56. The van der Waals surface area contributed by atoms with Gasteiger partial charge >= 0.3 is 5.97 Å². The standard InChI is InChI=1S/C13H12FN3O3S/c1-2-3-7-6-9(18)17-13(16-7)21-11-10(14)8(12(19)20)4-5-15-11/h4-6H,2-3H2,1H3,(H,19,20)(H,16,17,18). The fourth-order valence-electron chi connectivity index (χ4n) is 1.67. The quantitative estimate of drug-likeness (QED) is 0.821. The number of halogens is 1. The monoisotopic (exact) mass is 309 g/mol. The first-order chi connectivity index (χ1) is 10.0. The number of carboxylic acid groups (broad SMARTS) is 1. The van der Waals surface area contributed by atoms with E-state index in [0.29, 0.717) is 12.1 Å². The van der Waals surface area contributed by atoms with Crippen molar-refractivity contribution in [2.45, 2.75) is 29.9 Å². The van der Waals surface area contributed by atoms with Crippen molar-refractivity contribution in [1.82, 2.24) is 15.0 Å². The Hall–Kier alpha value is -2.22. The first kappa shape index (κ1) is 15.2. The van der Waals surface area contributed by atoms with Gasteiger partial charge in [-0.1, -0.05) is 13.3 Å². The number of aromatic amines is 1. The smallest absolute Gasteiger partial charge is 0.338 e. The average Bonchev–Trinajstić information content (AvgIpc) is 2.40. The number of H-pyrrole nitrogens is 1. The largest absolute Gasteiger partial charge is 0.478 e. The molecule has 0 amide bonds. The van der Waals surface area contributed by atoms with E-state index in [-0.39, 0.29) is 15.7 Å². The summed E-state index contributed by atoms with van der Waals surface area (Å²) in [6.07, 6.45) is 2.65. The predicted molar refractivity (Wildman–Crippen MR) is 74.1 cm³/mol. The summed E-state index contributed by atoms with van der Waals surface area (Å²) in [7, 11) is 0. The van der Waals surface area contributed by atoms with Crippen molar-refractivity contribution in [3.8, 4) is 0 Å². The maximum Gasteiger partial charge on any atom is 0.338 e. The zero-order valence-corrected chi connectivity index (χ0v) is 11.9. The summed E-state index contributed by atoms with van der Waals surface area (Å²) in [5, 5.41) is 8.90. The van der Waals surface area contributed by atoms with Crippen LogP contribution in [0.1, 0.15) is 29.4 Å². The van der Waals surface area contributed by atoms with Gasteiger partial charge in [-0.15, -0.1) is 0 Å². The predicted octanol–water partition coefficient (Wildman–Crippen LogP) is 2.11. The van der Waals surface area contributed by atoms with Crippen molar-refractivity contribution in [1.29, 1.82) is 0 Å². The number of hydrogen-bond donors (Lipinski definition) is 2. The van der Waals surface area contributed by atoms with E-state index in [1.54, 1.807) is 0 Å². The number of aromatic carboxylic acids is 1. The van der Waals surface area contributed by atoms with Crippen molar-refractivity contribution >= 4 is 17.7 Å². The van der Waals surface area contributed by atoms with Crippen molar-refractivity contribution in [3.63, 3.8) is 0 Å². The van der Waals surface area contributed by atoms with Crippen LogP contribution in [-0.2, 0) is 6.42 Å². The van der Waals surface area contributed by atoms with Crippen LogP contribution in [0.2, 0.25) is 0 Å². The Kier molecular flexibility index (Phi) is 4.69. The van der Waals surface area contributed by atoms with Crippen LogP contribution in [-0.4, -0.2) is 26.0 Å². The molecule has 0 fully saturated rings. The van der Waals surface area contributed by atoms with E-state index in [4.69, 9.17) is 5.11 Å². The first-order valence-electron chi connectivity index (χ1n) is 6.17. The Labute approximate surface area is 123 Å². The van der Waals surface area contributed by atoms with E-state index in [1.165, 1.54) is 12.3 Å². The molecule has 0 unspecified atom stereocenters. The molecule has 2 N–H and O–H groups in total. The van der Waals surface area contributed by atoms with Gasteiger partial charge in [0.05, 0.1) is 5.56 Å². The summed E-state index contributed by atoms with van der Waals surface area (Å²) >= 11 is 0.784. The minimum Gasteiger partial charge on any atom is -0.478 e. The van der Waals surface area contributed by atoms with Gasteiger partial charge in [0.15, 0.2) is 11.0 Å². The molecule has 8 heteroatoms. The number of rotatable bonds is 5. The molecule has 0 spiro atoms. The molecule has 0 aliphatic carbocycles. The number of carboxylic acids is 1. The van der Waals surface area contributed by atoms with Crippen LogP contribution in [0.4, 0.5) is 4.39 Å². The Bertz CT molecular complexity index is 733. The number of aryl methyl sites for hydroxylation is 1. The van der Waals surface area contributed by atoms with Crippen LogP contribution in [0.3, 0.4) is 0 Å². The minimum absolute atomic E-state index is 0.147. The zero-order valence-electron chi connectivity index (χ0n) is 11.1. The zero-order chi connectivity index (χ0) is 15.4. The molecule has 2 aromatic rings. The lowest BCUT2D eigenvalue weighted by Gasteiger charge is -2.05. The topological polar surface area (TPSA) is 95.9 Å². The molecule has 0 saturated carbocycles. The molecule has 21 heavy (non-hydrogen) atoms. The molecule has 0 aliphatic rings. The highest BCUT2D eigenvalue weighted by molar-refractivity contribution is 7.99. The number of aromatic nitrogens is 3. The summed E-state index contributed by atoms with van der Waals surface area (Å²) in [5.41, 5.74) is -0.219. The van der Waals surface area contributed by atoms with Gasteiger partial charge in [-0.2, -0.15) is 0 Å². The van der Waals surface area contributed by atoms with Crippen LogP contribution in [0.15, 0.2) is 33.3 Å². The van der Waals surface area contributed by atoms with E-state index in [0.717, 1.165) is 24.2 Å². The van der Waals surface area contributed by atoms with Gasteiger partial charge in [0.25, 0.3) is 5.56 Å². The van der Waals surface area contributed by atoms with Gasteiger partial charge in [0, 0.05) is 18.0 Å². The lowest BCUT2D eigenvalue weighted by atomic mass is 10.2. The first-order valence-corrected chi connectivity index (χ1v) is 6.98. The van der Waals surface area contributed by atoms with Crippen molar-refractivity contribution in [2.24, 2.45) is 0 Å². The normalized spacial score (nSPS) is 10.6. The highest BCUT2D eigenvalue weighted by Crippen LogP contribution is 2.26. The minimum atomic E-state index is -1.38. The molecular weight excluding hydrogens is 297 g/mol. The van der Waals surface area contributed by atoms with Gasteiger partial charge in [0.1, 0.15) is 5.03 Å². The van der Waals surface area contributed by atoms with E-state index < -0.39 is 17.3 Å². The van der Waals surface area contributed by atoms with Crippen LogP contribution in [0.25, 0.3) is 0 Å². The van der Waals surface area contributed by atoms with Crippen molar-refractivity contribution in [2.75, 3.05) is 0 Å². The van der Waals surface area contributed by atoms with Crippen molar-refractivity contribution < 1.29 is 14.3 Å². The van der Waals surface area contributed by atoms with Gasteiger partial charge in [-0.3, -0.25) is 4.79 Å². The summed E-state index contributed by atoms with van der Waals surface area (Å²) < 4.78 is 14.0. The van der Waals surface area contributed by atoms with Gasteiger partial charge in [-0.05, 0) is 24.2 Å². The molecule has 2 heterocycles. The Morgan fingerprint density at radius 3 is 2.95 bits per heavy atom. The average molecular weight is 309 g/mol. The van der Waals surface area contributed by atoms with Crippen LogP contribution in [0.5, 0.6) is 0 Å². The van der Waals surface area contributed by atoms with Crippen LogP contribution < -0.4 is 5.56 Å². The highest BCUT2D eigenvalue weighted by atomic mass is 32.2. The summed E-state index contributed by atoms with van der Waals surface area (Å²) in [6.45, 7) is 1.95. The van der Waals surface area contributed by atoms with Gasteiger partial charge < -0.3 is 10.1 Å². The summed E-state index contributed by atoms with van der Waals surface area (Å²) in [4.78, 5) is 32.8. The second-order valence-corrected chi connectivity index (χ2v) is 5.15. The van der Waals surface area contributed by atoms with Gasteiger partial charge in [0.2, 0.25) is 0 Å². The van der Waals surface area contributed by atoms with Crippen molar-refractivity contribution in [3.05, 3.63) is 45.8 Å². The third kappa shape index (κ3) is 3.66. The third-order valence-corrected chi connectivity index (χ3v) is 3.42. The molecule has 0 aromatic carbocycles. The molecule has 0 bridgehead atoms. The lowest BCUT2D eigenvalue weighted by Crippen LogP contribution is -2.10. The molecule has 110 valence electrons. The maximum atomic E-state index is 14.0.